The van der Waals surface area contributed by atoms with Gasteiger partial charge in [-0.25, -0.2) is 9.97 Å². The van der Waals surface area contributed by atoms with E-state index in [1.807, 2.05) is 43.8 Å². The Morgan fingerprint density at radius 2 is 1.36 bits per heavy atom. The van der Waals surface area contributed by atoms with Gasteiger partial charge in [0.15, 0.2) is 0 Å². The zero-order valence-electron chi connectivity index (χ0n) is 15.3. The number of rotatable bonds is 3. The molecule has 0 spiro atoms. The molecule has 5 heteroatoms. The summed E-state index contributed by atoms with van der Waals surface area (Å²) in [5, 5.41) is 5.26. The highest BCUT2D eigenvalue weighted by Crippen LogP contribution is 2.32. The Labute approximate surface area is 162 Å². The van der Waals surface area contributed by atoms with E-state index in [0.717, 1.165) is 49.9 Å². The van der Waals surface area contributed by atoms with Crippen molar-refractivity contribution >= 4 is 27.6 Å². The number of anilines is 1. The van der Waals surface area contributed by atoms with Gasteiger partial charge >= 0.3 is 0 Å². The van der Waals surface area contributed by atoms with Crippen LogP contribution in [0.4, 0.5) is 5.82 Å². The van der Waals surface area contributed by atoms with Crippen LogP contribution in [-0.4, -0.2) is 27.0 Å². The fraction of sp³-hybridized carbons (Fsp3) is 0.0435. The largest absolute Gasteiger partial charge is 0.373 e. The number of pyridine rings is 2. The van der Waals surface area contributed by atoms with E-state index in [0.29, 0.717) is 0 Å². The summed E-state index contributed by atoms with van der Waals surface area (Å²) < 4.78 is 0. The van der Waals surface area contributed by atoms with E-state index >= 15 is 0 Å². The molecule has 3 aromatic heterocycles. The molecule has 0 amide bonds. The zero-order chi connectivity index (χ0) is 18.9. The highest BCUT2D eigenvalue weighted by Gasteiger charge is 2.09. The first-order valence-electron chi connectivity index (χ1n) is 9.05. The topological polar surface area (TPSA) is 63.6 Å². The first-order chi connectivity index (χ1) is 13.8. The van der Waals surface area contributed by atoms with Gasteiger partial charge in [0, 0.05) is 36.4 Å². The van der Waals surface area contributed by atoms with Crippen molar-refractivity contribution in [1.29, 1.82) is 0 Å². The third-order valence-corrected chi connectivity index (χ3v) is 4.94. The summed E-state index contributed by atoms with van der Waals surface area (Å²) in [6.07, 6.45) is 7.06. The normalized spacial score (nSPS) is 11.0. The van der Waals surface area contributed by atoms with Crippen LogP contribution >= 0.6 is 0 Å². The summed E-state index contributed by atoms with van der Waals surface area (Å²) >= 11 is 0. The molecule has 0 saturated carbocycles. The van der Waals surface area contributed by atoms with Gasteiger partial charge in [-0.3, -0.25) is 9.97 Å². The van der Waals surface area contributed by atoms with E-state index in [9.17, 15) is 0 Å². The van der Waals surface area contributed by atoms with Gasteiger partial charge in [0.1, 0.15) is 12.1 Å². The van der Waals surface area contributed by atoms with Crippen LogP contribution in [0.15, 0.2) is 79.5 Å². The van der Waals surface area contributed by atoms with Crippen LogP contribution in [0.2, 0.25) is 0 Å². The summed E-state index contributed by atoms with van der Waals surface area (Å²) in [5.74, 6) is 0.826. The lowest BCUT2D eigenvalue weighted by atomic mass is 9.97. The monoisotopic (exact) mass is 363 g/mol. The minimum Gasteiger partial charge on any atom is -0.373 e. The number of aromatic nitrogens is 4. The first-order valence-corrected chi connectivity index (χ1v) is 9.05. The molecule has 0 aliphatic rings. The molecule has 134 valence electrons. The maximum absolute atomic E-state index is 4.53. The van der Waals surface area contributed by atoms with Crippen LogP contribution in [-0.2, 0) is 0 Å². The van der Waals surface area contributed by atoms with E-state index in [4.69, 9.17) is 0 Å². The molecule has 0 radical (unpaired) electrons. The lowest BCUT2D eigenvalue weighted by Crippen LogP contribution is -1.95. The van der Waals surface area contributed by atoms with Crippen LogP contribution in [0.5, 0.6) is 0 Å². The van der Waals surface area contributed by atoms with Crippen LogP contribution in [0.25, 0.3) is 44.1 Å². The van der Waals surface area contributed by atoms with E-state index < -0.39 is 0 Å². The molecule has 5 aromatic rings. The number of fused-ring (bicyclic) bond motifs is 2. The number of nitrogens with one attached hydrogen (secondary N) is 1. The first kappa shape index (κ1) is 16.3. The summed E-state index contributed by atoms with van der Waals surface area (Å²) in [4.78, 5) is 17.3. The third kappa shape index (κ3) is 2.74. The molecule has 5 rings (SSSR count). The molecule has 28 heavy (non-hydrogen) atoms. The second kappa shape index (κ2) is 6.70. The van der Waals surface area contributed by atoms with E-state index in [-0.39, 0.29) is 0 Å². The molecule has 0 saturated heterocycles. The maximum atomic E-state index is 4.53. The van der Waals surface area contributed by atoms with Gasteiger partial charge in [0.05, 0.1) is 11.0 Å². The van der Waals surface area contributed by atoms with Gasteiger partial charge in [-0.2, -0.15) is 0 Å². The van der Waals surface area contributed by atoms with Gasteiger partial charge in [0.25, 0.3) is 0 Å². The predicted octanol–water partition coefficient (Wildman–Crippen LogP) is 4.95. The van der Waals surface area contributed by atoms with Gasteiger partial charge in [-0.1, -0.05) is 12.1 Å². The Kier molecular flexibility index (Phi) is 3.91. The zero-order valence-corrected chi connectivity index (χ0v) is 15.3. The average Bonchev–Trinajstić information content (AvgIpc) is 2.78. The van der Waals surface area contributed by atoms with Gasteiger partial charge in [0.2, 0.25) is 0 Å². The average molecular weight is 363 g/mol. The smallest absolute Gasteiger partial charge is 0.137 e. The molecule has 0 aliphatic heterocycles. The van der Waals surface area contributed by atoms with Crippen molar-refractivity contribution in [3.63, 3.8) is 0 Å². The van der Waals surface area contributed by atoms with Crippen molar-refractivity contribution in [3.8, 4) is 22.3 Å². The van der Waals surface area contributed by atoms with Crippen molar-refractivity contribution in [2.75, 3.05) is 12.4 Å². The van der Waals surface area contributed by atoms with Crippen LogP contribution in [0.1, 0.15) is 0 Å². The fourth-order valence-corrected chi connectivity index (χ4v) is 3.54. The van der Waals surface area contributed by atoms with Crippen LogP contribution in [0, 0.1) is 0 Å². The second-order valence-corrected chi connectivity index (χ2v) is 6.53. The minimum absolute atomic E-state index is 0.826. The van der Waals surface area contributed by atoms with Crippen molar-refractivity contribution in [3.05, 3.63) is 79.5 Å². The Bertz CT molecular complexity index is 1300. The SMILES string of the molecule is CNc1ncnc2ccc(-c3ccc4nccc(-c5ccncc5)c4c3)cc12. The highest BCUT2D eigenvalue weighted by atomic mass is 15.0. The molecule has 0 fully saturated rings. The van der Waals surface area contributed by atoms with Crippen molar-refractivity contribution in [2.45, 2.75) is 0 Å². The summed E-state index contributed by atoms with van der Waals surface area (Å²) in [6.45, 7) is 0. The van der Waals surface area contributed by atoms with Gasteiger partial charge in [-0.15, -0.1) is 0 Å². The van der Waals surface area contributed by atoms with Crippen molar-refractivity contribution in [2.24, 2.45) is 0 Å². The fourth-order valence-electron chi connectivity index (χ4n) is 3.54. The number of hydrogen-bond donors (Lipinski definition) is 1. The Morgan fingerprint density at radius 1 is 0.643 bits per heavy atom. The number of hydrogen-bond acceptors (Lipinski definition) is 5. The predicted molar refractivity (Wildman–Crippen MR) is 113 cm³/mol. The van der Waals surface area contributed by atoms with Crippen LogP contribution < -0.4 is 5.32 Å². The quantitative estimate of drug-likeness (QED) is 0.491. The van der Waals surface area contributed by atoms with Crippen molar-refractivity contribution in [1.82, 2.24) is 19.9 Å². The molecule has 3 heterocycles. The minimum atomic E-state index is 0.826. The second-order valence-electron chi connectivity index (χ2n) is 6.53. The van der Waals surface area contributed by atoms with Gasteiger partial charge < -0.3 is 5.32 Å². The molecule has 0 aliphatic carbocycles. The van der Waals surface area contributed by atoms with E-state index in [1.165, 1.54) is 0 Å². The molecule has 0 unspecified atom stereocenters. The molecule has 5 nitrogen and oxygen atoms in total. The summed E-state index contributed by atoms with van der Waals surface area (Å²) in [7, 11) is 1.87. The Balaban J connectivity index is 1.71. The Hall–Kier alpha value is -3.86. The highest BCUT2D eigenvalue weighted by molar-refractivity contribution is 5.98. The lowest BCUT2D eigenvalue weighted by Gasteiger charge is -2.10. The summed E-state index contributed by atoms with van der Waals surface area (Å²) in [6, 6.07) is 18.7. The standard InChI is InChI=1S/C23H17N5/c1-24-23-20-13-17(3-5-22(20)27-14-28-23)16-2-4-21-19(12-16)18(8-11-26-21)15-6-9-25-10-7-15/h2-14H,1H3,(H,24,27,28). The number of benzene rings is 2. The van der Waals surface area contributed by atoms with E-state index in [1.54, 1.807) is 6.33 Å². The van der Waals surface area contributed by atoms with Crippen LogP contribution in [0.3, 0.4) is 0 Å². The third-order valence-electron chi connectivity index (χ3n) is 4.94. The molecule has 2 aromatic carbocycles. The Morgan fingerprint density at radius 3 is 2.11 bits per heavy atom. The lowest BCUT2D eigenvalue weighted by molar-refractivity contribution is 1.21. The molecular formula is C23H17N5. The maximum Gasteiger partial charge on any atom is 0.137 e. The molecule has 0 atom stereocenters. The molecule has 0 bridgehead atoms. The van der Waals surface area contributed by atoms with Crippen molar-refractivity contribution < 1.29 is 0 Å². The van der Waals surface area contributed by atoms with E-state index in [2.05, 4.69) is 61.7 Å². The van der Waals surface area contributed by atoms with Gasteiger partial charge in [-0.05, 0) is 64.7 Å². The summed E-state index contributed by atoms with van der Waals surface area (Å²) in [5.41, 5.74) is 6.41. The number of nitrogens with zero attached hydrogens (tertiary/aromatic N) is 4. The molecular weight excluding hydrogens is 346 g/mol. The molecule has 1 N–H and O–H groups in total.